The van der Waals surface area contributed by atoms with Crippen LogP contribution in [0.1, 0.15) is 23.7 Å². The van der Waals surface area contributed by atoms with E-state index in [-0.39, 0.29) is 34.1 Å². The summed E-state index contributed by atoms with van der Waals surface area (Å²) in [6.07, 6.45) is 0.673. The molecule has 1 aromatic rings. The molecule has 0 aliphatic carbocycles. The molecule has 1 heterocycles. The van der Waals surface area contributed by atoms with Crippen LogP contribution >= 0.6 is 11.6 Å². The number of hydrogen-bond acceptors (Lipinski definition) is 5. The molecule has 2 rings (SSSR count). The van der Waals surface area contributed by atoms with E-state index in [1.807, 2.05) is 6.92 Å². The molecule has 1 N–H and O–H groups in total. The van der Waals surface area contributed by atoms with Crippen LogP contribution in [-0.2, 0) is 4.74 Å². The van der Waals surface area contributed by atoms with Gasteiger partial charge >= 0.3 is 5.97 Å². The van der Waals surface area contributed by atoms with Crippen LogP contribution in [0, 0.1) is 10.1 Å². The van der Waals surface area contributed by atoms with Gasteiger partial charge in [0.1, 0.15) is 0 Å². The van der Waals surface area contributed by atoms with Crippen molar-refractivity contribution < 1.29 is 19.6 Å². The summed E-state index contributed by atoms with van der Waals surface area (Å²) in [7, 11) is 1.72. The molecule has 1 fully saturated rings. The van der Waals surface area contributed by atoms with Crippen molar-refractivity contribution in [3.05, 3.63) is 32.8 Å². The van der Waals surface area contributed by atoms with Crippen molar-refractivity contribution >= 4 is 28.9 Å². The number of carboxylic acid groups (broad SMARTS) is 1. The predicted octanol–water partition coefficient (Wildman–Crippen LogP) is 2.56. The lowest BCUT2D eigenvalue weighted by atomic mass is 10.1. The Labute approximate surface area is 126 Å². The standard InChI is InChI=1S/C13H15ClN2O5/c1-7-11(3-4-21-7)15(2)12-9(13(17)18)5-8(16(19)20)6-10(12)14/h5-7,11H,3-4H2,1-2H3,(H,17,18). The van der Waals surface area contributed by atoms with Crippen molar-refractivity contribution in [2.75, 3.05) is 18.6 Å². The van der Waals surface area contributed by atoms with Crippen molar-refractivity contribution in [1.82, 2.24) is 0 Å². The number of anilines is 1. The van der Waals surface area contributed by atoms with Crippen molar-refractivity contribution in [1.29, 1.82) is 0 Å². The fourth-order valence-corrected chi connectivity index (χ4v) is 2.95. The van der Waals surface area contributed by atoms with E-state index in [0.717, 1.165) is 12.5 Å². The second-order valence-electron chi connectivity index (χ2n) is 4.93. The molecule has 0 amide bonds. The number of nitrogens with zero attached hydrogens (tertiary/aromatic N) is 2. The van der Waals surface area contributed by atoms with Crippen LogP contribution in [0.15, 0.2) is 12.1 Å². The second-order valence-corrected chi connectivity index (χ2v) is 5.34. The first-order valence-electron chi connectivity index (χ1n) is 6.38. The van der Waals surface area contributed by atoms with Crippen molar-refractivity contribution in [2.24, 2.45) is 0 Å². The number of carboxylic acids is 1. The maximum absolute atomic E-state index is 11.4. The lowest BCUT2D eigenvalue weighted by Gasteiger charge is -2.30. The van der Waals surface area contributed by atoms with Gasteiger partial charge in [-0.15, -0.1) is 0 Å². The monoisotopic (exact) mass is 314 g/mol. The molecular weight excluding hydrogens is 300 g/mol. The molecule has 2 atom stereocenters. The normalized spacial score (nSPS) is 21.3. The van der Waals surface area contributed by atoms with Gasteiger partial charge in [0, 0.05) is 25.8 Å². The maximum Gasteiger partial charge on any atom is 0.338 e. The van der Waals surface area contributed by atoms with E-state index < -0.39 is 10.9 Å². The Morgan fingerprint density at radius 3 is 2.71 bits per heavy atom. The third kappa shape index (κ3) is 2.93. The van der Waals surface area contributed by atoms with Crippen LogP contribution in [0.2, 0.25) is 5.02 Å². The highest BCUT2D eigenvalue weighted by atomic mass is 35.5. The molecule has 0 radical (unpaired) electrons. The summed E-state index contributed by atoms with van der Waals surface area (Å²) in [5.74, 6) is -1.26. The van der Waals surface area contributed by atoms with E-state index in [2.05, 4.69) is 0 Å². The van der Waals surface area contributed by atoms with Crippen molar-refractivity contribution in [3.8, 4) is 0 Å². The highest BCUT2D eigenvalue weighted by Gasteiger charge is 2.32. The minimum absolute atomic E-state index is 0.0259. The van der Waals surface area contributed by atoms with Crippen molar-refractivity contribution in [2.45, 2.75) is 25.5 Å². The van der Waals surface area contributed by atoms with Gasteiger partial charge in [0.25, 0.3) is 5.69 Å². The predicted molar refractivity (Wildman–Crippen MR) is 77.3 cm³/mol. The molecule has 1 aromatic carbocycles. The number of halogens is 1. The molecule has 1 aliphatic heterocycles. The van der Waals surface area contributed by atoms with Crippen LogP contribution in [0.4, 0.5) is 11.4 Å². The Morgan fingerprint density at radius 2 is 2.24 bits per heavy atom. The van der Waals surface area contributed by atoms with Crippen LogP contribution in [0.3, 0.4) is 0 Å². The van der Waals surface area contributed by atoms with Crippen molar-refractivity contribution in [3.63, 3.8) is 0 Å². The lowest BCUT2D eigenvalue weighted by Crippen LogP contribution is -2.37. The number of carbonyl (C=O) groups is 1. The average Bonchev–Trinajstić information content (AvgIpc) is 2.83. The average molecular weight is 315 g/mol. The number of ether oxygens (including phenoxy) is 1. The van der Waals surface area contributed by atoms with Gasteiger partial charge in [0.15, 0.2) is 0 Å². The number of likely N-dealkylation sites (N-methyl/N-ethyl adjacent to an activating group) is 1. The largest absolute Gasteiger partial charge is 0.478 e. The number of nitro benzene ring substituents is 1. The minimum Gasteiger partial charge on any atom is -0.478 e. The molecule has 2 unspecified atom stereocenters. The maximum atomic E-state index is 11.4. The van der Waals surface area contributed by atoms with Gasteiger partial charge < -0.3 is 14.7 Å². The second kappa shape index (κ2) is 5.87. The topological polar surface area (TPSA) is 92.9 Å². The Kier molecular flexibility index (Phi) is 4.34. The smallest absolute Gasteiger partial charge is 0.338 e. The zero-order chi connectivity index (χ0) is 15.7. The third-order valence-electron chi connectivity index (χ3n) is 3.68. The van der Waals surface area contributed by atoms with Crippen LogP contribution in [-0.4, -0.2) is 41.8 Å². The number of benzene rings is 1. The number of non-ortho nitro benzene ring substituents is 1. The lowest BCUT2D eigenvalue weighted by molar-refractivity contribution is -0.384. The molecule has 114 valence electrons. The molecule has 1 saturated heterocycles. The van der Waals surface area contributed by atoms with Crippen LogP contribution in [0.25, 0.3) is 0 Å². The molecule has 8 heteroatoms. The van der Waals surface area contributed by atoms with Gasteiger partial charge in [-0.25, -0.2) is 4.79 Å². The minimum atomic E-state index is -1.26. The van der Waals surface area contributed by atoms with E-state index >= 15 is 0 Å². The number of hydrogen-bond donors (Lipinski definition) is 1. The van der Waals surface area contributed by atoms with E-state index in [9.17, 15) is 20.0 Å². The fraction of sp³-hybridized carbons (Fsp3) is 0.462. The summed E-state index contributed by atoms with van der Waals surface area (Å²) >= 11 is 6.09. The molecular formula is C13H15ClN2O5. The number of rotatable bonds is 4. The summed E-state index contributed by atoms with van der Waals surface area (Å²) in [5, 5.41) is 20.2. The Bertz CT molecular complexity index is 592. The number of nitro groups is 1. The van der Waals surface area contributed by atoms with E-state index in [1.54, 1.807) is 11.9 Å². The SMILES string of the molecule is CC1OCCC1N(C)c1c(Cl)cc([N+](=O)[O-])cc1C(=O)O. The molecule has 1 aliphatic rings. The first-order chi connectivity index (χ1) is 9.82. The third-order valence-corrected chi connectivity index (χ3v) is 3.96. The van der Waals surface area contributed by atoms with E-state index in [1.165, 1.54) is 6.07 Å². The Hall–Kier alpha value is -1.86. The van der Waals surface area contributed by atoms with E-state index in [0.29, 0.717) is 6.61 Å². The first-order valence-corrected chi connectivity index (χ1v) is 6.76. The zero-order valence-corrected chi connectivity index (χ0v) is 12.3. The first kappa shape index (κ1) is 15.5. The van der Waals surface area contributed by atoms with Crippen LogP contribution in [0.5, 0.6) is 0 Å². The molecule has 21 heavy (non-hydrogen) atoms. The molecule has 7 nitrogen and oxygen atoms in total. The molecule has 0 aromatic heterocycles. The van der Waals surface area contributed by atoms with E-state index in [4.69, 9.17) is 16.3 Å². The fourth-order valence-electron chi connectivity index (χ4n) is 2.61. The summed E-state index contributed by atoms with van der Waals surface area (Å²) in [5.41, 5.74) is -0.252. The Morgan fingerprint density at radius 1 is 1.57 bits per heavy atom. The summed E-state index contributed by atoms with van der Waals surface area (Å²) < 4.78 is 5.47. The van der Waals surface area contributed by atoms with Gasteiger partial charge in [0.2, 0.25) is 0 Å². The van der Waals surface area contributed by atoms with Gasteiger partial charge in [-0.3, -0.25) is 10.1 Å². The quantitative estimate of drug-likeness (QED) is 0.678. The van der Waals surface area contributed by atoms with Gasteiger partial charge in [-0.1, -0.05) is 11.6 Å². The summed E-state index contributed by atoms with van der Waals surface area (Å²) in [6.45, 7) is 2.48. The zero-order valence-electron chi connectivity index (χ0n) is 11.6. The van der Waals surface area contributed by atoms with Gasteiger partial charge in [-0.05, 0) is 13.3 Å². The highest BCUT2D eigenvalue weighted by Crippen LogP contribution is 2.36. The highest BCUT2D eigenvalue weighted by molar-refractivity contribution is 6.34. The molecule has 0 saturated carbocycles. The molecule has 0 spiro atoms. The Balaban J connectivity index is 2.51. The van der Waals surface area contributed by atoms with Gasteiger partial charge in [0.05, 0.1) is 33.3 Å². The summed E-state index contributed by atoms with van der Waals surface area (Å²) in [6, 6.07) is 2.17. The summed E-state index contributed by atoms with van der Waals surface area (Å²) in [4.78, 5) is 23.3. The van der Waals surface area contributed by atoms with Crippen LogP contribution < -0.4 is 4.90 Å². The van der Waals surface area contributed by atoms with Gasteiger partial charge in [-0.2, -0.15) is 0 Å². The molecule has 0 bridgehead atoms. The number of aromatic carboxylic acids is 1.